The molecule has 21 heavy (non-hydrogen) atoms. The molecule has 0 aliphatic carbocycles. The van der Waals surface area contributed by atoms with E-state index in [2.05, 4.69) is 5.32 Å². The van der Waals surface area contributed by atoms with E-state index in [-0.39, 0.29) is 18.8 Å². The molecule has 118 valence electrons. The van der Waals surface area contributed by atoms with Gasteiger partial charge in [-0.15, -0.1) is 11.3 Å². The topological polar surface area (TPSA) is 64.6 Å². The normalized spacial score (nSPS) is 12.8. The van der Waals surface area contributed by atoms with E-state index in [1.807, 2.05) is 18.4 Å². The first-order chi connectivity index (χ1) is 9.73. The summed E-state index contributed by atoms with van der Waals surface area (Å²) in [7, 11) is 1.53. The maximum absolute atomic E-state index is 12.2. The van der Waals surface area contributed by atoms with Crippen molar-refractivity contribution in [1.82, 2.24) is 5.32 Å². The van der Waals surface area contributed by atoms with Crippen LogP contribution in [0.2, 0.25) is 0 Å². The molecule has 0 aliphatic rings. The summed E-state index contributed by atoms with van der Waals surface area (Å²) in [6.45, 7) is 7.53. The molecule has 1 aromatic heterocycles. The SMILES string of the molecule is COCC(CC(=O)c1sccc1C)NC(=O)OC(C)(C)C. The second kappa shape index (κ2) is 7.56. The third-order valence-electron chi connectivity index (χ3n) is 2.64. The Balaban J connectivity index is 2.63. The fraction of sp³-hybridized carbons (Fsp3) is 0.600. The van der Waals surface area contributed by atoms with Crippen molar-refractivity contribution >= 4 is 23.2 Å². The zero-order chi connectivity index (χ0) is 16.0. The summed E-state index contributed by atoms with van der Waals surface area (Å²) in [6, 6.07) is 1.50. The number of carbonyl (C=O) groups excluding carboxylic acids is 2. The number of nitrogens with one attached hydrogen (secondary N) is 1. The van der Waals surface area contributed by atoms with Crippen molar-refractivity contribution in [1.29, 1.82) is 0 Å². The monoisotopic (exact) mass is 313 g/mol. The Labute approximate surface area is 129 Å². The molecule has 1 atom stereocenters. The van der Waals surface area contributed by atoms with E-state index in [0.29, 0.717) is 0 Å². The summed E-state index contributed by atoms with van der Waals surface area (Å²) in [5.74, 6) is 0.000564. The smallest absolute Gasteiger partial charge is 0.407 e. The average Bonchev–Trinajstić information content (AvgIpc) is 2.73. The van der Waals surface area contributed by atoms with Crippen molar-refractivity contribution < 1.29 is 19.1 Å². The van der Waals surface area contributed by atoms with Gasteiger partial charge in [0, 0.05) is 13.5 Å². The average molecular weight is 313 g/mol. The minimum Gasteiger partial charge on any atom is -0.444 e. The van der Waals surface area contributed by atoms with Gasteiger partial charge in [-0.3, -0.25) is 4.79 Å². The number of alkyl carbamates (subject to hydrolysis) is 1. The van der Waals surface area contributed by atoms with E-state index >= 15 is 0 Å². The third kappa shape index (κ3) is 6.27. The van der Waals surface area contributed by atoms with E-state index in [4.69, 9.17) is 9.47 Å². The molecule has 0 saturated carbocycles. The van der Waals surface area contributed by atoms with E-state index in [1.165, 1.54) is 18.4 Å². The molecule has 5 nitrogen and oxygen atoms in total. The molecular weight excluding hydrogens is 290 g/mol. The summed E-state index contributed by atoms with van der Waals surface area (Å²) in [6.07, 6.45) is -0.353. The molecule has 1 aromatic rings. The van der Waals surface area contributed by atoms with Crippen molar-refractivity contribution in [2.45, 2.75) is 45.8 Å². The molecular formula is C15H23NO4S. The van der Waals surface area contributed by atoms with Crippen LogP contribution in [-0.4, -0.2) is 37.2 Å². The summed E-state index contributed by atoms with van der Waals surface area (Å²) in [4.78, 5) is 24.7. The fourth-order valence-corrected chi connectivity index (χ4v) is 2.68. The number of aryl methyl sites for hydroxylation is 1. The highest BCUT2D eigenvalue weighted by molar-refractivity contribution is 7.12. The molecule has 0 radical (unpaired) electrons. The van der Waals surface area contributed by atoms with Crippen LogP contribution in [0, 0.1) is 6.92 Å². The quantitative estimate of drug-likeness (QED) is 0.819. The standard InChI is InChI=1S/C15H23NO4S/c1-10-6-7-21-13(10)12(17)8-11(9-19-5)16-14(18)20-15(2,3)4/h6-7,11H,8-9H2,1-5H3,(H,16,18). The predicted molar refractivity (Wildman–Crippen MR) is 83.0 cm³/mol. The molecule has 6 heteroatoms. The molecule has 1 rings (SSSR count). The lowest BCUT2D eigenvalue weighted by Gasteiger charge is -2.23. The Bertz CT molecular complexity index is 490. The van der Waals surface area contributed by atoms with Crippen molar-refractivity contribution in [2.24, 2.45) is 0 Å². The van der Waals surface area contributed by atoms with Gasteiger partial charge in [0.15, 0.2) is 5.78 Å². The van der Waals surface area contributed by atoms with Gasteiger partial charge in [0.05, 0.1) is 17.5 Å². The van der Waals surface area contributed by atoms with Crippen LogP contribution in [-0.2, 0) is 9.47 Å². The summed E-state index contributed by atoms with van der Waals surface area (Å²) in [5, 5.41) is 4.57. The lowest BCUT2D eigenvalue weighted by molar-refractivity contribution is 0.0464. The van der Waals surface area contributed by atoms with Crippen LogP contribution >= 0.6 is 11.3 Å². The maximum atomic E-state index is 12.2. The number of ketones is 1. The van der Waals surface area contributed by atoms with Gasteiger partial charge in [-0.05, 0) is 44.7 Å². The second-order valence-electron chi connectivity index (χ2n) is 5.86. The molecule has 0 aromatic carbocycles. The van der Waals surface area contributed by atoms with Gasteiger partial charge in [0.1, 0.15) is 5.60 Å². The molecule has 1 heterocycles. The van der Waals surface area contributed by atoms with Crippen molar-refractivity contribution in [3.8, 4) is 0 Å². The number of hydrogen-bond donors (Lipinski definition) is 1. The van der Waals surface area contributed by atoms with Crippen molar-refractivity contribution in [3.63, 3.8) is 0 Å². The van der Waals surface area contributed by atoms with E-state index in [0.717, 1.165) is 10.4 Å². The highest BCUT2D eigenvalue weighted by Gasteiger charge is 2.22. The molecule has 0 spiro atoms. The van der Waals surface area contributed by atoms with Crippen LogP contribution in [0.25, 0.3) is 0 Å². The van der Waals surface area contributed by atoms with Crippen molar-refractivity contribution in [2.75, 3.05) is 13.7 Å². The number of hydrogen-bond acceptors (Lipinski definition) is 5. The zero-order valence-corrected chi connectivity index (χ0v) is 14.0. The van der Waals surface area contributed by atoms with Gasteiger partial charge in [0.25, 0.3) is 0 Å². The van der Waals surface area contributed by atoms with Gasteiger partial charge in [-0.2, -0.15) is 0 Å². The Hall–Kier alpha value is -1.40. The van der Waals surface area contributed by atoms with Crippen LogP contribution in [0.5, 0.6) is 0 Å². The fourth-order valence-electron chi connectivity index (χ4n) is 1.80. The number of carbonyl (C=O) groups is 2. The molecule has 1 amide bonds. The Morgan fingerprint density at radius 1 is 1.38 bits per heavy atom. The number of methoxy groups -OCH3 is 1. The molecule has 0 saturated heterocycles. The zero-order valence-electron chi connectivity index (χ0n) is 13.2. The van der Waals surface area contributed by atoms with Crippen LogP contribution in [0.3, 0.4) is 0 Å². The van der Waals surface area contributed by atoms with E-state index in [1.54, 1.807) is 20.8 Å². The number of rotatable bonds is 6. The lowest BCUT2D eigenvalue weighted by atomic mass is 10.1. The maximum Gasteiger partial charge on any atom is 0.407 e. The van der Waals surface area contributed by atoms with Gasteiger partial charge >= 0.3 is 6.09 Å². The first-order valence-corrected chi connectivity index (χ1v) is 7.66. The van der Waals surface area contributed by atoms with E-state index in [9.17, 15) is 9.59 Å². The Morgan fingerprint density at radius 2 is 2.05 bits per heavy atom. The van der Waals surface area contributed by atoms with Gasteiger partial charge in [0.2, 0.25) is 0 Å². The number of thiophene rings is 1. The molecule has 0 aliphatic heterocycles. The van der Waals surface area contributed by atoms with Gasteiger partial charge in [-0.1, -0.05) is 0 Å². The summed E-state index contributed by atoms with van der Waals surface area (Å²) >= 11 is 1.41. The molecule has 1 N–H and O–H groups in total. The molecule has 0 fully saturated rings. The number of ether oxygens (including phenoxy) is 2. The minimum absolute atomic E-state index is 0.000564. The first-order valence-electron chi connectivity index (χ1n) is 6.78. The molecule has 0 bridgehead atoms. The van der Waals surface area contributed by atoms with Gasteiger partial charge < -0.3 is 14.8 Å². The Morgan fingerprint density at radius 3 is 2.52 bits per heavy atom. The molecule has 1 unspecified atom stereocenters. The summed E-state index contributed by atoms with van der Waals surface area (Å²) < 4.78 is 10.3. The van der Waals surface area contributed by atoms with E-state index < -0.39 is 17.7 Å². The highest BCUT2D eigenvalue weighted by atomic mass is 32.1. The van der Waals surface area contributed by atoms with Gasteiger partial charge in [-0.25, -0.2) is 4.79 Å². The largest absolute Gasteiger partial charge is 0.444 e. The van der Waals surface area contributed by atoms with Crippen LogP contribution in [0.1, 0.15) is 42.4 Å². The first kappa shape index (κ1) is 17.7. The second-order valence-corrected chi connectivity index (χ2v) is 6.77. The number of amides is 1. The minimum atomic E-state index is -0.573. The van der Waals surface area contributed by atoms with Crippen LogP contribution in [0.15, 0.2) is 11.4 Å². The summed E-state index contributed by atoms with van der Waals surface area (Å²) in [5.41, 5.74) is 0.384. The number of Topliss-reactive ketones (excluding diaryl/α,β-unsaturated/α-hetero) is 1. The lowest BCUT2D eigenvalue weighted by Crippen LogP contribution is -2.42. The van der Waals surface area contributed by atoms with Crippen molar-refractivity contribution in [3.05, 3.63) is 21.9 Å². The predicted octanol–water partition coefficient (Wildman–Crippen LogP) is 3.17. The highest BCUT2D eigenvalue weighted by Crippen LogP contribution is 2.18. The van der Waals surface area contributed by atoms with Crippen LogP contribution < -0.4 is 5.32 Å². The van der Waals surface area contributed by atoms with Crippen LogP contribution in [0.4, 0.5) is 4.79 Å². The third-order valence-corrected chi connectivity index (χ3v) is 3.69. The Kier molecular flexibility index (Phi) is 6.36.